The summed E-state index contributed by atoms with van der Waals surface area (Å²) in [4.78, 5) is 62.0. The van der Waals surface area contributed by atoms with Gasteiger partial charge >= 0.3 is 24.1 Å². The van der Waals surface area contributed by atoms with Crippen LogP contribution in [0.5, 0.6) is 0 Å². The minimum Gasteiger partial charge on any atom is -0.364 e. The Morgan fingerprint density at radius 2 is 0.432 bits per heavy atom. The molecular formula is C24H44N8O12. The van der Waals surface area contributed by atoms with E-state index in [9.17, 15) is 19.2 Å². The highest BCUT2D eigenvalue weighted by Crippen LogP contribution is 2.36. The van der Waals surface area contributed by atoms with E-state index in [1.807, 2.05) is 0 Å². The molecule has 0 spiro atoms. The lowest BCUT2D eigenvalue weighted by Gasteiger charge is -2.28. The van der Waals surface area contributed by atoms with Crippen LogP contribution in [-0.4, -0.2) is 199 Å². The summed E-state index contributed by atoms with van der Waals surface area (Å²) in [5.74, 6) is 0. The molecule has 252 valence electrons. The minimum atomic E-state index is -0.523. The number of amides is 8. The van der Waals surface area contributed by atoms with Crippen molar-refractivity contribution in [3.63, 3.8) is 0 Å². The maximum atomic E-state index is 12.6. The Balaban J connectivity index is 0.000000240. The van der Waals surface area contributed by atoms with Crippen LogP contribution in [0, 0.1) is 0 Å². The quantitative estimate of drug-likeness (QED) is 0.204. The number of rotatable bonds is 16. The molecule has 20 heteroatoms. The number of urea groups is 4. The lowest BCUT2D eigenvalue weighted by atomic mass is 10.3. The second-order valence-corrected chi connectivity index (χ2v) is 9.89. The molecule has 0 aromatic heterocycles. The standard InChI is InChI=1S/2C12H22N4O6/c2*1-19-5-13-9-10(15(7-21-3)11(13)17)16(8-22-4)12(18)14(9)6-20-2/h2*9-10H,5-8H2,1-4H3. The van der Waals surface area contributed by atoms with E-state index < -0.39 is 24.7 Å². The fraction of sp³-hybridized carbons (Fsp3) is 0.833. The number of fused-ring (bicyclic) bond motifs is 2. The average Bonchev–Trinajstić information content (AvgIpc) is 3.62. The lowest BCUT2D eigenvalue weighted by molar-refractivity contribution is -0.0135. The number of methoxy groups -OCH3 is 8. The number of nitrogens with zero attached hydrogens (tertiary/aromatic N) is 8. The van der Waals surface area contributed by atoms with Crippen LogP contribution < -0.4 is 0 Å². The third-order valence-corrected chi connectivity index (χ3v) is 7.20. The van der Waals surface area contributed by atoms with Gasteiger partial charge in [-0.25, -0.2) is 19.2 Å². The average molecular weight is 637 g/mol. The molecule has 0 unspecified atom stereocenters. The van der Waals surface area contributed by atoms with E-state index in [1.165, 1.54) is 96.1 Å². The second-order valence-electron chi connectivity index (χ2n) is 9.89. The monoisotopic (exact) mass is 636 g/mol. The molecular weight excluding hydrogens is 592 g/mol. The van der Waals surface area contributed by atoms with Crippen LogP contribution in [0.25, 0.3) is 0 Å². The van der Waals surface area contributed by atoms with Gasteiger partial charge in [0.25, 0.3) is 0 Å². The van der Waals surface area contributed by atoms with Crippen LogP contribution in [0.4, 0.5) is 19.2 Å². The van der Waals surface area contributed by atoms with Crippen molar-refractivity contribution in [2.45, 2.75) is 24.7 Å². The van der Waals surface area contributed by atoms with Gasteiger partial charge in [-0.15, -0.1) is 0 Å². The number of hydrogen-bond acceptors (Lipinski definition) is 12. The van der Waals surface area contributed by atoms with Gasteiger partial charge in [0.1, 0.15) is 53.8 Å². The summed E-state index contributed by atoms with van der Waals surface area (Å²) in [6.45, 7) is 0.512. The van der Waals surface area contributed by atoms with Gasteiger partial charge in [0.2, 0.25) is 0 Å². The molecule has 0 N–H and O–H groups in total. The highest BCUT2D eigenvalue weighted by Gasteiger charge is 2.60. The molecule has 0 aromatic rings. The predicted molar refractivity (Wildman–Crippen MR) is 146 cm³/mol. The summed E-state index contributed by atoms with van der Waals surface area (Å²) in [5.41, 5.74) is 0. The van der Waals surface area contributed by atoms with Gasteiger partial charge in [0.05, 0.1) is 0 Å². The van der Waals surface area contributed by atoms with Crippen molar-refractivity contribution in [3.05, 3.63) is 0 Å². The van der Waals surface area contributed by atoms with Gasteiger partial charge in [0.15, 0.2) is 24.7 Å². The Morgan fingerprint density at radius 3 is 0.523 bits per heavy atom. The third kappa shape index (κ3) is 6.42. The first-order valence-electron chi connectivity index (χ1n) is 13.4. The van der Waals surface area contributed by atoms with Gasteiger partial charge in [-0.3, -0.25) is 39.2 Å². The molecule has 20 nitrogen and oxygen atoms in total. The molecule has 4 aliphatic rings. The van der Waals surface area contributed by atoms with E-state index in [1.54, 1.807) is 0 Å². The third-order valence-electron chi connectivity index (χ3n) is 7.20. The number of carbonyl (C=O) groups excluding carboxylic acids is 4. The van der Waals surface area contributed by atoms with Crippen molar-refractivity contribution in [2.75, 3.05) is 111 Å². The Bertz CT molecular complexity index is 781. The van der Waals surface area contributed by atoms with Crippen LogP contribution in [0.2, 0.25) is 0 Å². The molecule has 4 rings (SSSR count). The van der Waals surface area contributed by atoms with Gasteiger partial charge in [-0.1, -0.05) is 0 Å². The first kappa shape index (κ1) is 35.2. The van der Waals surface area contributed by atoms with Crippen LogP contribution in [-0.2, 0) is 37.9 Å². The zero-order valence-corrected chi connectivity index (χ0v) is 26.4. The highest BCUT2D eigenvalue weighted by molar-refractivity contribution is 5.85. The fourth-order valence-corrected chi connectivity index (χ4v) is 5.69. The Hall–Kier alpha value is -3.24. The van der Waals surface area contributed by atoms with Crippen molar-refractivity contribution in [2.24, 2.45) is 0 Å². The van der Waals surface area contributed by atoms with Crippen molar-refractivity contribution in [1.29, 1.82) is 0 Å². The predicted octanol–water partition coefficient (Wildman–Crippen LogP) is -0.941. The Morgan fingerprint density at radius 1 is 0.318 bits per heavy atom. The van der Waals surface area contributed by atoms with Crippen LogP contribution >= 0.6 is 0 Å². The number of hydrogen-bond donors (Lipinski definition) is 0. The topological polar surface area (TPSA) is 168 Å². The van der Waals surface area contributed by atoms with Crippen LogP contribution in [0.3, 0.4) is 0 Å². The molecule has 4 aliphatic heterocycles. The summed E-state index contributed by atoms with van der Waals surface area (Å²) >= 11 is 0. The second kappa shape index (κ2) is 16.2. The SMILES string of the molecule is COCN1C(=O)N(COC)C2C1N(COC)C(=O)N2COC.COCN1C(=O)N(COC)C2C1N(COC)C(=O)N2COC. The first-order valence-corrected chi connectivity index (χ1v) is 13.4. The van der Waals surface area contributed by atoms with E-state index in [2.05, 4.69) is 0 Å². The molecule has 0 saturated carbocycles. The van der Waals surface area contributed by atoms with Crippen LogP contribution in [0.1, 0.15) is 0 Å². The smallest absolute Gasteiger partial charge is 0.327 e. The maximum absolute atomic E-state index is 12.6. The Labute approximate surface area is 256 Å². The fourth-order valence-electron chi connectivity index (χ4n) is 5.69. The molecule has 0 aliphatic carbocycles. The van der Waals surface area contributed by atoms with Gasteiger partial charge in [-0.2, -0.15) is 0 Å². The molecule has 0 radical (unpaired) electrons. The van der Waals surface area contributed by atoms with E-state index in [-0.39, 0.29) is 78.0 Å². The molecule has 4 fully saturated rings. The molecule has 0 bridgehead atoms. The van der Waals surface area contributed by atoms with E-state index in [0.29, 0.717) is 0 Å². The minimum absolute atomic E-state index is 0.0640. The van der Waals surface area contributed by atoms with Crippen LogP contribution in [0.15, 0.2) is 0 Å². The summed E-state index contributed by atoms with van der Waals surface area (Å²) in [7, 11) is 11.9. The molecule has 44 heavy (non-hydrogen) atoms. The first-order chi connectivity index (χ1) is 21.2. The normalized spacial score (nSPS) is 24.7. The van der Waals surface area contributed by atoms with Crippen molar-refractivity contribution in [1.82, 2.24) is 39.2 Å². The number of ether oxygens (including phenoxy) is 8. The summed E-state index contributed by atoms with van der Waals surface area (Å²) in [6, 6.07) is -1.08. The molecule has 8 amide bonds. The summed E-state index contributed by atoms with van der Waals surface area (Å²) in [6.07, 6.45) is -2.09. The lowest BCUT2D eigenvalue weighted by Crippen LogP contribution is -2.48. The van der Waals surface area contributed by atoms with E-state index in [4.69, 9.17) is 37.9 Å². The van der Waals surface area contributed by atoms with Gasteiger partial charge in [-0.05, 0) is 0 Å². The van der Waals surface area contributed by atoms with E-state index in [0.717, 1.165) is 0 Å². The van der Waals surface area contributed by atoms with Crippen molar-refractivity contribution in [3.8, 4) is 0 Å². The molecule has 0 atom stereocenters. The summed E-state index contributed by atoms with van der Waals surface area (Å²) < 4.78 is 40.8. The van der Waals surface area contributed by atoms with Gasteiger partial charge < -0.3 is 37.9 Å². The maximum Gasteiger partial charge on any atom is 0.327 e. The molecule has 4 saturated heterocycles. The van der Waals surface area contributed by atoms with Crippen molar-refractivity contribution >= 4 is 24.1 Å². The molecule has 0 aromatic carbocycles. The van der Waals surface area contributed by atoms with Gasteiger partial charge in [0, 0.05) is 56.9 Å². The summed E-state index contributed by atoms with van der Waals surface area (Å²) in [5, 5.41) is 0. The molecule has 4 heterocycles. The van der Waals surface area contributed by atoms with Crippen molar-refractivity contribution < 1.29 is 57.1 Å². The zero-order chi connectivity index (χ0) is 32.6. The highest BCUT2D eigenvalue weighted by atomic mass is 16.5. The largest absolute Gasteiger partial charge is 0.364 e. The Kier molecular flexibility index (Phi) is 13.0. The zero-order valence-electron chi connectivity index (χ0n) is 26.4. The van der Waals surface area contributed by atoms with E-state index >= 15 is 0 Å². The number of carbonyl (C=O) groups is 4.